The van der Waals surface area contributed by atoms with E-state index in [-0.39, 0.29) is 11.3 Å². The molecule has 0 bridgehead atoms. The fourth-order valence-electron chi connectivity index (χ4n) is 2.97. The molecule has 1 N–H and O–H groups in total. The zero-order valence-corrected chi connectivity index (χ0v) is 19.0. The minimum absolute atomic E-state index is 0.0583. The molecule has 0 spiro atoms. The second kappa shape index (κ2) is 10.4. The lowest BCUT2D eigenvalue weighted by molar-refractivity contribution is -0.137. The predicted octanol–water partition coefficient (Wildman–Crippen LogP) is 6.90. The van der Waals surface area contributed by atoms with Gasteiger partial charge in [0.1, 0.15) is 24.0 Å². The molecular weight excluding hydrogens is 497 g/mol. The monoisotopic (exact) mass is 514 g/mol. The molecule has 4 nitrogen and oxygen atoms in total. The van der Waals surface area contributed by atoms with Crippen LogP contribution in [0.5, 0.6) is 5.75 Å². The summed E-state index contributed by atoms with van der Waals surface area (Å²) in [4.78, 5) is 12.4. The predicted molar refractivity (Wildman–Crippen MR) is 123 cm³/mol. The van der Waals surface area contributed by atoms with Crippen LogP contribution in [0, 0.1) is 18.3 Å². The smallest absolute Gasteiger partial charge is 0.416 e. The Hall–Kier alpha value is -3.57. The summed E-state index contributed by atoms with van der Waals surface area (Å²) in [5.41, 5.74) is 1.48. The quantitative estimate of drug-likeness (QED) is 0.287. The van der Waals surface area contributed by atoms with Gasteiger partial charge in [-0.25, -0.2) is 0 Å². The highest BCUT2D eigenvalue weighted by Gasteiger charge is 2.30. The van der Waals surface area contributed by atoms with Crippen molar-refractivity contribution in [3.8, 4) is 11.8 Å². The van der Waals surface area contributed by atoms with Crippen molar-refractivity contribution in [2.75, 3.05) is 5.32 Å². The average Bonchev–Trinajstić information content (AvgIpc) is 2.76. The van der Waals surface area contributed by atoms with E-state index in [0.29, 0.717) is 22.4 Å². The van der Waals surface area contributed by atoms with Crippen LogP contribution >= 0.6 is 15.9 Å². The second-order valence-electron chi connectivity index (χ2n) is 7.17. The van der Waals surface area contributed by atoms with E-state index in [1.54, 1.807) is 24.3 Å². The topological polar surface area (TPSA) is 62.1 Å². The number of halogens is 4. The van der Waals surface area contributed by atoms with Gasteiger partial charge in [0.2, 0.25) is 0 Å². The summed E-state index contributed by atoms with van der Waals surface area (Å²) >= 11 is 3.42. The van der Waals surface area contributed by atoms with Gasteiger partial charge in [0.15, 0.2) is 0 Å². The third-order valence-corrected chi connectivity index (χ3v) is 5.18. The minimum Gasteiger partial charge on any atom is -0.488 e. The highest BCUT2D eigenvalue weighted by Crippen LogP contribution is 2.31. The molecule has 0 aliphatic rings. The van der Waals surface area contributed by atoms with Crippen molar-refractivity contribution < 1.29 is 22.7 Å². The van der Waals surface area contributed by atoms with E-state index < -0.39 is 17.6 Å². The molecule has 0 aliphatic heterocycles. The summed E-state index contributed by atoms with van der Waals surface area (Å²) in [7, 11) is 0. The zero-order chi connectivity index (χ0) is 24.0. The van der Waals surface area contributed by atoms with Crippen LogP contribution in [-0.4, -0.2) is 5.91 Å². The molecule has 0 atom stereocenters. The van der Waals surface area contributed by atoms with Gasteiger partial charge in [0.05, 0.1) is 10.0 Å². The highest BCUT2D eigenvalue weighted by atomic mass is 79.9. The van der Waals surface area contributed by atoms with Gasteiger partial charge in [-0.05, 0) is 70.4 Å². The first-order valence-electron chi connectivity index (χ1n) is 9.74. The average molecular weight is 515 g/mol. The van der Waals surface area contributed by atoms with Crippen molar-refractivity contribution in [3.05, 3.63) is 99.0 Å². The summed E-state index contributed by atoms with van der Waals surface area (Å²) in [5.74, 6) is -0.228. The molecule has 3 aromatic carbocycles. The number of nitrogens with zero attached hydrogens (tertiary/aromatic N) is 1. The molecule has 8 heteroatoms. The first-order chi connectivity index (χ1) is 15.7. The number of carbonyl (C=O) groups is 1. The normalized spacial score (nSPS) is 11.6. The number of nitrogens with one attached hydrogen (secondary N) is 1. The molecule has 168 valence electrons. The number of rotatable bonds is 6. The van der Waals surface area contributed by atoms with Crippen LogP contribution in [0.15, 0.2) is 76.8 Å². The molecule has 0 saturated carbocycles. The minimum atomic E-state index is -4.54. The number of nitriles is 1. The van der Waals surface area contributed by atoms with Gasteiger partial charge in [-0.3, -0.25) is 4.79 Å². The first kappa shape index (κ1) is 24.1. The fourth-order valence-corrected chi connectivity index (χ4v) is 3.48. The highest BCUT2D eigenvalue weighted by molar-refractivity contribution is 9.10. The van der Waals surface area contributed by atoms with Crippen molar-refractivity contribution in [2.45, 2.75) is 19.7 Å². The maximum atomic E-state index is 12.9. The van der Waals surface area contributed by atoms with Crippen LogP contribution in [0.4, 0.5) is 18.9 Å². The lowest BCUT2D eigenvalue weighted by atomic mass is 10.1. The standard InChI is InChI=1S/C25H18BrF3N2O2/c1-16-4-2-5-18(10-16)15-33-23-9-8-17(12-22(23)26)11-19(14-30)24(32)31-21-7-3-6-20(13-21)25(27,28)29/h2-13H,15H2,1H3,(H,31,32)/b19-11+. The maximum absolute atomic E-state index is 12.9. The van der Waals surface area contributed by atoms with Crippen molar-refractivity contribution in [1.82, 2.24) is 0 Å². The molecule has 3 rings (SSSR count). The van der Waals surface area contributed by atoms with Gasteiger partial charge in [-0.15, -0.1) is 0 Å². The third-order valence-electron chi connectivity index (χ3n) is 4.56. The molecule has 1 amide bonds. The summed E-state index contributed by atoms with van der Waals surface area (Å²) in [6.45, 7) is 2.37. The number of carbonyl (C=O) groups excluding carboxylic acids is 1. The third kappa shape index (κ3) is 6.70. The van der Waals surface area contributed by atoms with Crippen molar-refractivity contribution in [3.63, 3.8) is 0 Å². The lowest BCUT2D eigenvalue weighted by Crippen LogP contribution is -2.14. The molecule has 0 heterocycles. The van der Waals surface area contributed by atoms with Crippen LogP contribution < -0.4 is 10.1 Å². The van der Waals surface area contributed by atoms with E-state index in [2.05, 4.69) is 21.2 Å². The van der Waals surface area contributed by atoms with Crippen molar-refractivity contribution >= 4 is 33.6 Å². The van der Waals surface area contributed by atoms with Crippen LogP contribution in [0.25, 0.3) is 6.08 Å². The summed E-state index contributed by atoms with van der Waals surface area (Å²) in [6.07, 6.45) is -3.19. The van der Waals surface area contributed by atoms with E-state index >= 15 is 0 Å². The van der Waals surface area contributed by atoms with Crippen LogP contribution in [0.2, 0.25) is 0 Å². The van der Waals surface area contributed by atoms with Crippen LogP contribution in [-0.2, 0) is 17.6 Å². The molecule has 0 unspecified atom stereocenters. The van der Waals surface area contributed by atoms with E-state index in [1.807, 2.05) is 31.2 Å². The molecule has 0 aliphatic carbocycles. The second-order valence-corrected chi connectivity index (χ2v) is 8.02. The molecule has 0 aromatic heterocycles. The summed E-state index contributed by atoms with van der Waals surface area (Å²) in [5, 5.41) is 11.7. The Kier molecular flexibility index (Phi) is 7.56. The summed E-state index contributed by atoms with van der Waals surface area (Å²) < 4.78 is 45.0. The Morgan fingerprint density at radius 2 is 1.88 bits per heavy atom. The Morgan fingerprint density at radius 3 is 2.55 bits per heavy atom. The van der Waals surface area contributed by atoms with Gasteiger partial charge in [0, 0.05) is 5.69 Å². The largest absolute Gasteiger partial charge is 0.488 e. The number of anilines is 1. The van der Waals surface area contributed by atoms with Gasteiger partial charge in [-0.1, -0.05) is 42.0 Å². The first-order valence-corrected chi connectivity index (χ1v) is 10.5. The number of hydrogen-bond donors (Lipinski definition) is 1. The van der Waals surface area contributed by atoms with Gasteiger partial charge >= 0.3 is 6.18 Å². The number of alkyl halides is 3. The van der Waals surface area contributed by atoms with Gasteiger partial charge in [-0.2, -0.15) is 18.4 Å². The fraction of sp³-hybridized carbons (Fsp3) is 0.120. The summed E-state index contributed by atoms with van der Waals surface area (Å²) in [6, 6.07) is 19.0. The number of hydrogen-bond acceptors (Lipinski definition) is 3. The van der Waals surface area contributed by atoms with Crippen molar-refractivity contribution in [1.29, 1.82) is 5.26 Å². The van der Waals surface area contributed by atoms with Crippen molar-refractivity contribution in [2.24, 2.45) is 0 Å². The Morgan fingerprint density at radius 1 is 1.12 bits per heavy atom. The van der Waals surface area contributed by atoms with E-state index in [0.717, 1.165) is 23.3 Å². The zero-order valence-electron chi connectivity index (χ0n) is 17.4. The number of ether oxygens (including phenoxy) is 1. The Balaban J connectivity index is 1.72. The lowest BCUT2D eigenvalue weighted by Gasteiger charge is -2.10. The molecular formula is C25H18BrF3N2O2. The number of amides is 1. The number of aryl methyl sites for hydroxylation is 1. The van der Waals surface area contributed by atoms with E-state index in [9.17, 15) is 23.2 Å². The molecule has 3 aromatic rings. The van der Waals surface area contributed by atoms with E-state index in [1.165, 1.54) is 18.2 Å². The SMILES string of the molecule is Cc1cccc(COc2ccc(/C=C(\C#N)C(=O)Nc3cccc(C(F)(F)F)c3)cc2Br)c1. The Bertz CT molecular complexity index is 1250. The van der Waals surface area contributed by atoms with E-state index in [4.69, 9.17) is 4.74 Å². The van der Waals surface area contributed by atoms with Gasteiger partial charge in [0.25, 0.3) is 5.91 Å². The van der Waals surface area contributed by atoms with Gasteiger partial charge < -0.3 is 10.1 Å². The van der Waals surface area contributed by atoms with Crippen LogP contribution in [0.3, 0.4) is 0 Å². The Labute approximate surface area is 197 Å². The number of benzene rings is 3. The molecule has 0 fully saturated rings. The molecule has 0 radical (unpaired) electrons. The maximum Gasteiger partial charge on any atom is 0.416 e. The van der Waals surface area contributed by atoms with Crippen LogP contribution in [0.1, 0.15) is 22.3 Å². The molecule has 33 heavy (non-hydrogen) atoms. The molecule has 0 saturated heterocycles.